The first-order chi connectivity index (χ1) is 7.25. The number of nitrogens with one attached hydrogen (secondary N) is 1. The Morgan fingerprint density at radius 2 is 2.13 bits per heavy atom. The molecule has 0 aliphatic heterocycles. The summed E-state index contributed by atoms with van der Waals surface area (Å²) in [5, 5.41) is 2.44. The molecule has 0 bridgehead atoms. The van der Waals surface area contributed by atoms with E-state index in [1.807, 2.05) is 30.3 Å². The summed E-state index contributed by atoms with van der Waals surface area (Å²) >= 11 is 0. The minimum atomic E-state index is -0.894. The van der Waals surface area contributed by atoms with Crippen LogP contribution < -0.4 is 5.32 Å². The second-order valence-electron chi connectivity index (χ2n) is 3.56. The summed E-state index contributed by atoms with van der Waals surface area (Å²) in [6.45, 7) is 0.219. The van der Waals surface area contributed by atoms with Crippen molar-refractivity contribution in [1.29, 1.82) is 0 Å². The fraction of sp³-hybridized carbons (Fsp3) is 0.364. The van der Waals surface area contributed by atoms with E-state index in [0.717, 1.165) is 5.56 Å². The predicted molar refractivity (Wildman–Crippen MR) is 53.1 cm³/mol. The maximum atomic E-state index is 12.4. The number of carbonyl (C=O) groups excluding carboxylic acids is 1. The standard InChI is InChI=1S/C11H12FNO2/c12-9-6-10(9)13-11(14)15-7-8-4-2-1-3-5-8/h1-5,9-10H,6-7H2,(H,13,14). The third kappa shape index (κ3) is 2.94. The summed E-state index contributed by atoms with van der Waals surface area (Å²) in [5.74, 6) is 0. The fourth-order valence-corrected chi connectivity index (χ4v) is 1.23. The number of benzene rings is 1. The third-order valence-corrected chi connectivity index (χ3v) is 2.23. The molecule has 1 fully saturated rings. The molecule has 1 aromatic rings. The molecule has 0 spiro atoms. The van der Waals surface area contributed by atoms with Crippen molar-refractivity contribution in [1.82, 2.24) is 5.32 Å². The minimum absolute atomic E-state index is 0.219. The van der Waals surface area contributed by atoms with Crippen molar-refractivity contribution in [2.45, 2.75) is 25.2 Å². The number of halogens is 1. The van der Waals surface area contributed by atoms with Crippen LogP contribution in [0.1, 0.15) is 12.0 Å². The maximum Gasteiger partial charge on any atom is 0.407 e. The minimum Gasteiger partial charge on any atom is -0.445 e. The van der Waals surface area contributed by atoms with Crippen LogP contribution in [-0.2, 0) is 11.3 Å². The van der Waals surface area contributed by atoms with Crippen LogP contribution in [0.25, 0.3) is 0 Å². The van der Waals surface area contributed by atoms with Crippen molar-refractivity contribution < 1.29 is 13.9 Å². The van der Waals surface area contributed by atoms with Crippen molar-refractivity contribution >= 4 is 6.09 Å². The van der Waals surface area contributed by atoms with Crippen LogP contribution in [0, 0.1) is 0 Å². The second-order valence-corrected chi connectivity index (χ2v) is 3.56. The number of rotatable bonds is 3. The quantitative estimate of drug-likeness (QED) is 0.827. The van der Waals surface area contributed by atoms with E-state index in [9.17, 15) is 9.18 Å². The van der Waals surface area contributed by atoms with Crippen molar-refractivity contribution in [3.8, 4) is 0 Å². The zero-order valence-electron chi connectivity index (χ0n) is 8.15. The normalized spacial score (nSPS) is 23.3. The molecule has 1 aromatic carbocycles. The summed E-state index contributed by atoms with van der Waals surface area (Å²) in [4.78, 5) is 11.1. The number of hydrogen-bond acceptors (Lipinski definition) is 2. The Labute approximate surface area is 87.2 Å². The highest BCUT2D eigenvalue weighted by Gasteiger charge is 2.39. The van der Waals surface area contributed by atoms with Gasteiger partial charge in [-0.1, -0.05) is 30.3 Å². The van der Waals surface area contributed by atoms with Crippen LogP contribution in [0.3, 0.4) is 0 Å². The molecule has 0 saturated heterocycles. The number of amides is 1. The van der Waals surface area contributed by atoms with Crippen LogP contribution in [0.4, 0.5) is 9.18 Å². The lowest BCUT2D eigenvalue weighted by Gasteiger charge is -2.05. The van der Waals surface area contributed by atoms with Gasteiger partial charge >= 0.3 is 6.09 Å². The number of alkyl carbamates (subject to hydrolysis) is 1. The average Bonchev–Trinajstić information content (AvgIpc) is 2.93. The van der Waals surface area contributed by atoms with E-state index in [-0.39, 0.29) is 12.6 Å². The SMILES string of the molecule is O=C(NC1CC1F)OCc1ccccc1. The van der Waals surface area contributed by atoms with Gasteiger partial charge in [0.2, 0.25) is 0 Å². The first-order valence-electron chi connectivity index (χ1n) is 4.87. The highest BCUT2D eigenvalue weighted by atomic mass is 19.1. The van der Waals surface area contributed by atoms with Crippen molar-refractivity contribution in [2.75, 3.05) is 0 Å². The summed E-state index contributed by atoms with van der Waals surface area (Å²) in [7, 11) is 0. The molecule has 3 nitrogen and oxygen atoms in total. The molecule has 0 aromatic heterocycles. The lowest BCUT2D eigenvalue weighted by Crippen LogP contribution is -2.27. The summed E-state index contributed by atoms with van der Waals surface area (Å²) in [6, 6.07) is 9.02. The van der Waals surface area contributed by atoms with E-state index in [2.05, 4.69) is 5.32 Å². The lowest BCUT2D eigenvalue weighted by molar-refractivity contribution is 0.138. The van der Waals surface area contributed by atoms with Gasteiger partial charge in [0.15, 0.2) is 0 Å². The van der Waals surface area contributed by atoms with Crippen molar-refractivity contribution in [3.05, 3.63) is 35.9 Å². The molecule has 0 radical (unpaired) electrons. The Morgan fingerprint density at radius 1 is 1.47 bits per heavy atom. The van der Waals surface area contributed by atoms with Gasteiger partial charge in [0.25, 0.3) is 0 Å². The lowest BCUT2D eigenvalue weighted by atomic mass is 10.2. The highest BCUT2D eigenvalue weighted by molar-refractivity contribution is 5.68. The first-order valence-corrected chi connectivity index (χ1v) is 4.87. The largest absolute Gasteiger partial charge is 0.445 e. The van der Waals surface area contributed by atoms with Gasteiger partial charge in [0, 0.05) is 6.42 Å². The van der Waals surface area contributed by atoms with Crippen LogP contribution >= 0.6 is 0 Å². The van der Waals surface area contributed by atoms with Gasteiger partial charge in [-0.25, -0.2) is 9.18 Å². The molecule has 2 atom stereocenters. The molecule has 2 rings (SSSR count). The molecule has 1 aliphatic carbocycles. The van der Waals surface area contributed by atoms with Crippen LogP contribution in [0.5, 0.6) is 0 Å². The Balaban J connectivity index is 1.71. The molecule has 4 heteroatoms. The molecule has 0 heterocycles. The fourth-order valence-electron chi connectivity index (χ4n) is 1.23. The van der Waals surface area contributed by atoms with Gasteiger partial charge in [-0.3, -0.25) is 0 Å². The Hall–Kier alpha value is -1.58. The topological polar surface area (TPSA) is 38.3 Å². The maximum absolute atomic E-state index is 12.4. The average molecular weight is 209 g/mol. The van der Waals surface area contributed by atoms with Gasteiger partial charge in [-0.2, -0.15) is 0 Å². The molecule has 1 saturated carbocycles. The zero-order valence-corrected chi connectivity index (χ0v) is 8.15. The van der Waals surface area contributed by atoms with E-state index >= 15 is 0 Å². The Bertz CT molecular complexity index is 342. The summed E-state index contributed by atoms with van der Waals surface area (Å²) in [6.07, 6.45) is -1.04. The number of alkyl halides is 1. The molecular formula is C11H12FNO2. The zero-order chi connectivity index (χ0) is 10.7. The van der Waals surface area contributed by atoms with Gasteiger partial charge in [0.05, 0.1) is 6.04 Å². The van der Waals surface area contributed by atoms with Crippen molar-refractivity contribution in [2.24, 2.45) is 0 Å². The van der Waals surface area contributed by atoms with Crippen LogP contribution in [0.15, 0.2) is 30.3 Å². The van der Waals surface area contributed by atoms with Gasteiger partial charge < -0.3 is 10.1 Å². The third-order valence-electron chi connectivity index (χ3n) is 2.23. The molecule has 1 amide bonds. The second kappa shape index (κ2) is 4.29. The van der Waals surface area contributed by atoms with Gasteiger partial charge in [-0.05, 0) is 5.56 Å². The number of ether oxygens (including phenoxy) is 1. The summed E-state index contributed by atoms with van der Waals surface area (Å²) < 4.78 is 17.3. The monoisotopic (exact) mass is 209 g/mol. The first kappa shape index (κ1) is 9.96. The molecule has 15 heavy (non-hydrogen) atoms. The van der Waals surface area contributed by atoms with Crippen molar-refractivity contribution in [3.63, 3.8) is 0 Å². The Morgan fingerprint density at radius 3 is 2.73 bits per heavy atom. The van der Waals surface area contributed by atoms with Crippen LogP contribution in [0.2, 0.25) is 0 Å². The van der Waals surface area contributed by atoms with Gasteiger partial charge in [-0.15, -0.1) is 0 Å². The Kier molecular flexibility index (Phi) is 2.85. The molecular weight excluding hydrogens is 197 g/mol. The molecule has 2 unspecified atom stereocenters. The molecule has 80 valence electrons. The number of hydrogen-bond donors (Lipinski definition) is 1. The van der Waals surface area contributed by atoms with E-state index in [4.69, 9.17) is 4.74 Å². The highest BCUT2D eigenvalue weighted by Crippen LogP contribution is 2.24. The van der Waals surface area contributed by atoms with E-state index in [1.165, 1.54) is 0 Å². The van der Waals surface area contributed by atoms with E-state index < -0.39 is 12.3 Å². The smallest absolute Gasteiger partial charge is 0.407 e. The van der Waals surface area contributed by atoms with E-state index in [1.54, 1.807) is 0 Å². The number of carbonyl (C=O) groups is 1. The molecule has 1 N–H and O–H groups in total. The van der Waals surface area contributed by atoms with Crippen LogP contribution in [-0.4, -0.2) is 18.3 Å². The predicted octanol–water partition coefficient (Wildman–Crippen LogP) is 2.02. The van der Waals surface area contributed by atoms with Gasteiger partial charge in [0.1, 0.15) is 12.8 Å². The summed E-state index contributed by atoms with van der Waals surface area (Å²) in [5.41, 5.74) is 0.917. The van der Waals surface area contributed by atoms with E-state index in [0.29, 0.717) is 6.42 Å². The molecule has 1 aliphatic rings.